The van der Waals surface area contributed by atoms with Crippen LogP contribution in [0.2, 0.25) is 5.02 Å². The van der Waals surface area contributed by atoms with Gasteiger partial charge in [-0.3, -0.25) is 9.10 Å². The number of benzene rings is 4. The molecule has 0 fully saturated rings. The van der Waals surface area contributed by atoms with Crippen molar-refractivity contribution < 1.29 is 32.2 Å². The summed E-state index contributed by atoms with van der Waals surface area (Å²) in [6.45, 7) is 0.0731. The van der Waals surface area contributed by atoms with Gasteiger partial charge in [-0.2, -0.15) is 0 Å². The highest BCUT2D eigenvalue weighted by molar-refractivity contribution is 7.93. The van der Waals surface area contributed by atoms with E-state index in [2.05, 4.69) is 5.32 Å². The SMILES string of the molecule is COc1cccc2c1CC(C(=O)NCc1ccc(C(=O)O)cc1)N2S(=O)(=O)c1ccc(-c2ccc(F)cc2Cl)cc1. The number of sulfonamides is 1. The van der Waals surface area contributed by atoms with Crippen LogP contribution in [0.25, 0.3) is 11.1 Å². The fraction of sp³-hybridized carbons (Fsp3) is 0.133. The third-order valence-electron chi connectivity index (χ3n) is 6.87. The Kier molecular flexibility index (Phi) is 7.70. The lowest BCUT2D eigenvalue weighted by atomic mass is 10.1. The summed E-state index contributed by atoms with van der Waals surface area (Å²) in [5.41, 5.74) is 2.83. The maximum Gasteiger partial charge on any atom is 0.335 e. The van der Waals surface area contributed by atoms with E-state index in [1.165, 1.54) is 49.6 Å². The van der Waals surface area contributed by atoms with Crippen LogP contribution in [0.5, 0.6) is 5.75 Å². The molecule has 0 saturated carbocycles. The van der Waals surface area contributed by atoms with Crippen molar-refractivity contribution in [3.8, 4) is 16.9 Å². The number of anilines is 1. The molecule has 0 spiro atoms. The first-order valence-electron chi connectivity index (χ1n) is 12.5. The van der Waals surface area contributed by atoms with E-state index in [1.54, 1.807) is 42.5 Å². The molecule has 0 radical (unpaired) electrons. The van der Waals surface area contributed by atoms with Crippen LogP contribution in [0.1, 0.15) is 21.5 Å². The van der Waals surface area contributed by atoms with Crippen molar-refractivity contribution in [3.63, 3.8) is 0 Å². The molecule has 0 bridgehead atoms. The number of amides is 1. The first kappa shape index (κ1) is 28.1. The van der Waals surface area contributed by atoms with Gasteiger partial charge in [0, 0.05) is 24.1 Å². The van der Waals surface area contributed by atoms with Gasteiger partial charge in [0.2, 0.25) is 5.91 Å². The zero-order valence-electron chi connectivity index (χ0n) is 21.7. The first-order chi connectivity index (χ1) is 19.6. The van der Waals surface area contributed by atoms with Crippen molar-refractivity contribution in [2.45, 2.75) is 23.9 Å². The average molecular weight is 595 g/mol. The molecule has 2 N–H and O–H groups in total. The molecule has 0 saturated heterocycles. The van der Waals surface area contributed by atoms with Crippen LogP contribution in [0, 0.1) is 5.82 Å². The summed E-state index contributed by atoms with van der Waals surface area (Å²) in [4.78, 5) is 24.5. The largest absolute Gasteiger partial charge is 0.496 e. The Bertz CT molecular complexity index is 1740. The van der Waals surface area contributed by atoms with E-state index in [-0.39, 0.29) is 28.4 Å². The van der Waals surface area contributed by atoms with Crippen molar-refractivity contribution >= 4 is 39.2 Å². The second-order valence-corrected chi connectivity index (χ2v) is 11.6. The molecular formula is C30H24ClFN2O6S. The zero-order chi connectivity index (χ0) is 29.3. The van der Waals surface area contributed by atoms with Gasteiger partial charge >= 0.3 is 5.97 Å². The van der Waals surface area contributed by atoms with E-state index in [4.69, 9.17) is 21.4 Å². The first-order valence-corrected chi connectivity index (χ1v) is 14.3. The quantitative estimate of drug-likeness (QED) is 0.287. The number of fused-ring (bicyclic) bond motifs is 1. The molecule has 1 unspecified atom stereocenters. The lowest BCUT2D eigenvalue weighted by Crippen LogP contribution is -2.47. The molecule has 1 atom stereocenters. The van der Waals surface area contributed by atoms with Gasteiger partial charge < -0.3 is 15.2 Å². The standard InChI is InChI=1S/C30H24ClFN2O6S/c1-40-28-4-2-3-26-24(28)16-27(29(35)33-17-18-5-7-20(8-6-18)30(36)37)34(26)41(38,39)22-12-9-19(10-13-22)23-14-11-21(32)15-25(23)31/h2-15,27H,16-17H2,1H3,(H,33,35)(H,36,37). The van der Waals surface area contributed by atoms with Crippen LogP contribution in [0.15, 0.2) is 89.8 Å². The van der Waals surface area contributed by atoms with Crippen molar-refractivity contribution in [1.82, 2.24) is 5.32 Å². The summed E-state index contributed by atoms with van der Waals surface area (Å²) in [5.74, 6) is -1.61. The third kappa shape index (κ3) is 5.48. The third-order valence-corrected chi connectivity index (χ3v) is 9.02. The van der Waals surface area contributed by atoms with Crippen LogP contribution >= 0.6 is 11.6 Å². The van der Waals surface area contributed by atoms with Gasteiger partial charge in [-0.05, 0) is 65.7 Å². The number of hydrogen-bond acceptors (Lipinski definition) is 5. The highest BCUT2D eigenvalue weighted by Gasteiger charge is 2.43. The average Bonchev–Trinajstić information content (AvgIpc) is 3.37. The second kappa shape index (κ2) is 11.2. The number of carbonyl (C=O) groups excluding carboxylic acids is 1. The molecule has 4 aromatic carbocycles. The van der Waals surface area contributed by atoms with Gasteiger partial charge in [-0.1, -0.05) is 41.9 Å². The van der Waals surface area contributed by atoms with Crippen LogP contribution in [-0.2, 0) is 27.8 Å². The van der Waals surface area contributed by atoms with Gasteiger partial charge in [-0.15, -0.1) is 0 Å². The summed E-state index contributed by atoms with van der Waals surface area (Å²) >= 11 is 6.18. The van der Waals surface area contributed by atoms with E-state index < -0.39 is 33.8 Å². The number of hydrogen-bond donors (Lipinski definition) is 2. The highest BCUT2D eigenvalue weighted by atomic mass is 35.5. The lowest BCUT2D eigenvalue weighted by Gasteiger charge is -2.26. The van der Waals surface area contributed by atoms with Gasteiger partial charge in [0.1, 0.15) is 17.6 Å². The van der Waals surface area contributed by atoms with E-state index >= 15 is 0 Å². The molecule has 11 heteroatoms. The number of aromatic carboxylic acids is 1. The molecule has 4 aromatic rings. The number of carboxylic acids is 1. The Hall–Kier alpha value is -4.41. The fourth-order valence-electron chi connectivity index (χ4n) is 4.81. The fourth-order valence-corrected chi connectivity index (χ4v) is 6.73. The van der Waals surface area contributed by atoms with E-state index in [0.29, 0.717) is 33.7 Å². The van der Waals surface area contributed by atoms with Crippen LogP contribution in [0.4, 0.5) is 10.1 Å². The number of carboxylic acid groups (broad SMARTS) is 1. The number of methoxy groups -OCH3 is 1. The maximum atomic E-state index is 14.0. The predicted molar refractivity (Wildman–Crippen MR) is 152 cm³/mol. The van der Waals surface area contributed by atoms with Crippen molar-refractivity contribution in [3.05, 3.63) is 112 Å². The smallest absolute Gasteiger partial charge is 0.335 e. The molecule has 41 heavy (non-hydrogen) atoms. The topological polar surface area (TPSA) is 113 Å². The number of halogens is 2. The van der Waals surface area contributed by atoms with Crippen molar-refractivity contribution in [2.24, 2.45) is 0 Å². The summed E-state index contributed by atoms with van der Waals surface area (Å²) in [6, 6.07) is 19.9. The van der Waals surface area contributed by atoms with Crippen molar-refractivity contribution in [2.75, 3.05) is 11.4 Å². The van der Waals surface area contributed by atoms with Gasteiger partial charge in [0.25, 0.3) is 10.0 Å². The molecule has 1 aliphatic heterocycles. The molecule has 5 rings (SSSR count). The molecule has 0 aliphatic carbocycles. The molecule has 0 aromatic heterocycles. The summed E-state index contributed by atoms with van der Waals surface area (Å²) < 4.78 is 48.1. The number of nitrogens with zero attached hydrogens (tertiary/aromatic N) is 1. The Balaban J connectivity index is 1.45. The highest BCUT2D eigenvalue weighted by Crippen LogP contribution is 2.42. The maximum absolute atomic E-state index is 14.0. The minimum atomic E-state index is -4.23. The predicted octanol–water partition coefficient (Wildman–Crippen LogP) is 5.29. The van der Waals surface area contributed by atoms with Crippen LogP contribution in [-0.4, -0.2) is 38.6 Å². The van der Waals surface area contributed by atoms with Gasteiger partial charge in [0.05, 0.1) is 28.3 Å². The molecular weight excluding hydrogens is 571 g/mol. The van der Waals surface area contributed by atoms with Crippen LogP contribution < -0.4 is 14.4 Å². The number of carbonyl (C=O) groups is 2. The number of nitrogens with one attached hydrogen (secondary N) is 1. The monoisotopic (exact) mass is 594 g/mol. The van der Waals surface area contributed by atoms with Crippen LogP contribution in [0.3, 0.4) is 0 Å². The van der Waals surface area contributed by atoms with Gasteiger partial charge in [-0.25, -0.2) is 17.6 Å². The summed E-state index contributed by atoms with van der Waals surface area (Å²) in [5, 5.41) is 12.1. The molecule has 1 amide bonds. The summed E-state index contributed by atoms with van der Waals surface area (Å²) in [6.07, 6.45) is 0.0889. The van der Waals surface area contributed by atoms with E-state index in [9.17, 15) is 22.4 Å². The molecule has 8 nitrogen and oxygen atoms in total. The Morgan fingerprint density at radius 2 is 1.76 bits per heavy atom. The van der Waals surface area contributed by atoms with E-state index in [1.807, 2.05) is 0 Å². The normalized spacial score (nSPS) is 14.4. The lowest BCUT2D eigenvalue weighted by molar-refractivity contribution is -0.122. The Morgan fingerprint density at radius 1 is 1.05 bits per heavy atom. The van der Waals surface area contributed by atoms with Gasteiger partial charge in [0.15, 0.2) is 0 Å². The van der Waals surface area contributed by atoms with E-state index in [0.717, 1.165) is 4.31 Å². The Labute approximate surface area is 241 Å². The minimum Gasteiger partial charge on any atom is -0.496 e. The zero-order valence-corrected chi connectivity index (χ0v) is 23.2. The molecule has 1 heterocycles. The minimum absolute atomic E-state index is 0.0442. The van der Waals surface area contributed by atoms with Crippen molar-refractivity contribution in [1.29, 1.82) is 0 Å². The molecule has 1 aliphatic rings. The summed E-state index contributed by atoms with van der Waals surface area (Å²) in [7, 11) is -2.75. The molecule has 210 valence electrons. The number of rotatable bonds is 8. The number of ether oxygens (including phenoxy) is 1. The second-order valence-electron chi connectivity index (χ2n) is 9.35. The Morgan fingerprint density at radius 3 is 2.39 bits per heavy atom.